The topological polar surface area (TPSA) is 93.6 Å². The average molecular weight is 411 g/mol. The van der Waals surface area contributed by atoms with E-state index in [0.717, 1.165) is 41.5 Å². The van der Waals surface area contributed by atoms with Crippen LogP contribution in [0.4, 0.5) is 0 Å². The van der Waals surface area contributed by atoms with E-state index in [1.54, 1.807) is 13.8 Å². The molecule has 7 nitrogen and oxygen atoms in total. The molecule has 0 saturated carbocycles. The van der Waals surface area contributed by atoms with Crippen LogP contribution in [0.1, 0.15) is 43.6 Å². The minimum atomic E-state index is -1.01. The molecule has 2 aliphatic rings. The number of carbonyl (C=O) groups is 1. The molecule has 2 aliphatic heterocycles. The molecule has 1 saturated heterocycles. The first-order valence-corrected chi connectivity index (χ1v) is 10.3. The van der Waals surface area contributed by atoms with Crippen LogP contribution >= 0.6 is 0 Å². The number of carbonyl (C=O) groups excluding carboxylic acids is 1. The molecule has 0 bridgehead atoms. The summed E-state index contributed by atoms with van der Waals surface area (Å²) < 4.78 is 8.29. The zero-order valence-corrected chi connectivity index (χ0v) is 17.9. The van der Waals surface area contributed by atoms with Crippen molar-refractivity contribution < 1.29 is 14.6 Å². The molecule has 2 aromatic rings. The standard InChI is InChI=1S/C22H27N3O2.CH3NO/c1-16-19(15-24-10-4-5-11-24)25-12-13-27-20-7-6-17(8-9-22(2,3)26)14-18(20)21(25)23-16;2-1-3/h6-7,14,26H,4-5,10-13,15H2,1-3H3;1H,(H2,2,3). The summed E-state index contributed by atoms with van der Waals surface area (Å²) in [6, 6.07) is 5.93. The monoisotopic (exact) mass is 410 g/mol. The van der Waals surface area contributed by atoms with Crippen molar-refractivity contribution in [3.05, 3.63) is 35.2 Å². The lowest BCUT2D eigenvalue weighted by Crippen LogP contribution is -2.22. The van der Waals surface area contributed by atoms with Crippen molar-refractivity contribution in [1.82, 2.24) is 14.5 Å². The molecule has 0 spiro atoms. The van der Waals surface area contributed by atoms with E-state index in [-0.39, 0.29) is 6.41 Å². The number of rotatable bonds is 2. The van der Waals surface area contributed by atoms with Crippen molar-refractivity contribution >= 4 is 6.41 Å². The van der Waals surface area contributed by atoms with Crippen LogP contribution < -0.4 is 10.5 Å². The van der Waals surface area contributed by atoms with Gasteiger partial charge in [-0.2, -0.15) is 0 Å². The van der Waals surface area contributed by atoms with E-state index in [9.17, 15) is 5.11 Å². The highest BCUT2D eigenvalue weighted by Gasteiger charge is 2.24. The van der Waals surface area contributed by atoms with Gasteiger partial charge in [-0.1, -0.05) is 11.8 Å². The second-order valence-corrected chi connectivity index (χ2v) is 8.11. The maximum Gasteiger partial charge on any atom is 0.204 e. The number of amides is 1. The first kappa shape index (κ1) is 21.9. The SMILES string of the molecule is Cc1nc2n(c1CN1CCCC1)CCOc1ccc(C#CC(C)(C)O)cc1-2.NC=O. The Kier molecular flexibility index (Phi) is 6.80. The van der Waals surface area contributed by atoms with Crippen LogP contribution in [0.25, 0.3) is 11.4 Å². The van der Waals surface area contributed by atoms with Gasteiger partial charge in [-0.05, 0) is 64.9 Å². The molecule has 0 unspecified atom stereocenters. The smallest absolute Gasteiger partial charge is 0.204 e. The van der Waals surface area contributed by atoms with Crippen LogP contribution in [-0.4, -0.2) is 51.3 Å². The molecule has 160 valence electrons. The first-order chi connectivity index (χ1) is 14.3. The van der Waals surface area contributed by atoms with E-state index in [1.165, 1.54) is 31.6 Å². The summed E-state index contributed by atoms with van der Waals surface area (Å²) in [4.78, 5) is 16.0. The molecule has 0 atom stereocenters. The van der Waals surface area contributed by atoms with Gasteiger partial charge < -0.3 is 20.1 Å². The number of primary amides is 1. The molecule has 0 radical (unpaired) electrons. The summed E-state index contributed by atoms with van der Waals surface area (Å²) in [6.45, 7) is 10.2. The maximum atomic E-state index is 9.88. The fourth-order valence-corrected chi connectivity index (χ4v) is 3.79. The van der Waals surface area contributed by atoms with Crippen LogP contribution in [0.15, 0.2) is 18.2 Å². The number of hydrogen-bond acceptors (Lipinski definition) is 5. The predicted octanol–water partition coefficient (Wildman–Crippen LogP) is 2.07. The van der Waals surface area contributed by atoms with Crippen molar-refractivity contribution in [2.45, 2.75) is 52.3 Å². The number of aliphatic hydroxyl groups is 1. The number of likely N-dealkylation sites (tertiary alicyclic amines) is 1. The van der Waals surface area contributed by atoms with Crippen molar-refractivity contribution in [2.75, 3.05) is 19.7 Å². The molecular formula is C23H30N4O3. The van der Waals surface area contributed by atoms with Crippen molar-refractivity contribution in [3.63, 3.8) is 0 Å². The van der Waals surface area contributed by atoms with Gasteiger partial charge in [-0.25, -0.2) is 4.98 Å². The first-order valence-electron chi connectivity index (χ1n) is 10.3. The van der Waals surface area contributed by atoms with Crippen LogP contribution in [0.3, 0.4) is 0 Å². The summed E-state index contributed by atoms with van der Waals surface area (Å²) in [7, 11) is 0. The van der Waals surface area contributed by atoms with Crippen LogP contribution in [0.5, 0.6) is 5.75 Å². The molecule has 1 aromatic heterocycles. The summed E-state index contributed by atoms with van der Waals surface area (Å²) in [6.07, 6.45) is 2.82. The second kappa shape index (κ2) is 9.33. The second-order valence-electron chi connectivity index (χ2n) is 8.11. The summed E-state index contributed by atoms with van der Waals surface area (Å²) >= 11 is 0. The number of imidazole rings is 1. The van der Waals surface area contributed by atoms with Gasteiger partial charge in [0.25, 0.3) is 0 Å². The van der Waals surface area contributed by atoms with Crippen molar-refractivity contribution in [3.8, 4) is 29.0 Å². The molecule has 1 amide bonds. The van der Waals surface area contributed by atoms with Gasteiger partial charge in [0.2, 0.25) is 6.41 Å². The zero-order valence-electron chi connectivity index (χ0n) is 17.9. The quantitative estimate of drug-likeness (QED) is 0.584. The van der Waals surface area contributed by atoms with E-state index >= 15 is 0 Å². The van der Waals surface area contributed by atoms with Gasteiger partial charge in [-0.3, -0.25) is 9.69 Å². The lowest BCUT2D eigenvalue weighted by atomic mass is 10.1. The Morgan fingerprint density at radius 3 is 2.67 bits per heavy atom. The Morgan fingerprint density at radius 2 is 2.00 bits per heavy atom. The number of nitrogens with two attached hydrogens (primary N) is 1. The highest BCUT2D eigenvalue weighted by molar-refractivity contribution is 5.68. The van der Waals surface area contributed by atoms with Crippen molar-refractivity contribution in [1.29, 1.82) is 0 Å². The molecule has 0 aliphatic carbocycles. The van der Waals surface area contributed by atoms with Crippen LogP contribution in [0, 0.1) is 18.8 Å². The third-order valence-electron chi connectivity index (χ3n) is 5.15. The zero-order chi connectivity index (χ0) is 21.7. The third-order valence-corrected chi connectivity index (χ3v) is 5.15. The molecular weight excluding hydrogens is 380 g/mol. The number of aromatic nitrogens is 2. The number of fused-ring (bicyclic) bond motifs is 3. The Labute approximate surface area is 177 Å². The van der Waals surface area contributed by atoms with E-state index < -0.39 is 5.60 Å². The number of nitrogens with zero attached hydrogens (tertiary/aromatic N) is 3. The summed E-state index contributed by atoms with van der Waals surface area (Å²) in [5.74, 6) is 7.75. The maximum absolute atomic E-state index is 9.88. The molecule has 4 rings (SSSR count). The fourth-order valence-electron chi connectivity index (χ4n) is 3.79. The Bertz CT molecular complexity index is 957. The number of ether oxygens (including phenoxy) is 1. The van der Waals surface area contributed by atoms with Crippen LogP contribution in [0.2, 0.25) is 0 Å². The average Bonchev–Trinajstić information content (AvgIpc) is 3.26. The highest BCUT2D eigenvalue weighted by atomic mass is 16.5. The summed E-state index contributed by atoms with van der Waals surface area (Å²) in [5, 5.41) is 9.88. The predicted molar refractivity (Wildman–Crippen MR) is 116 cm³/mol. The number of aryl methyl sites for hydroxylation is 1. The van der Waals surface area contributed by atoms with E-state index in [2.05, 4.69) is 34.0 Å². The molecule has 30 heavy (non-hydrogen) atoms. The van der Waals surface area contributed by atoms with Gasteiger partial charge in [0, 0.05) is 12.1 Å². The Hall–Kier alpha value is -2.82. The van der Waals surface area contributed by atoms with Crippen LogP contribution in [-0.2, 0) is 17.9 Å². The Morgan fingerprint density at radius 1 is 1.30 bits per heavy atom. The molecule has 1 fully saturated rings. The van der Waals surface area contributed by atoms with E-state index in [0.29, 0.717) is 6.61 Å². The van der Waals surface area contributed by atoms with E-state index in [4.69, 9.17) is 14.5 Å². The molecule has 3 heterocycles. The number of benzene rings is 1. The lowest BCUT2D eigenvalue weighted by molar-refractivity contribution is -0.106. The third kappa shape index (κ3) is 5.21. The summed E-state index contributed by atoms with van der Waals surface area (Å²) in [5.41, 5.74) is 7.37. The van der Waals surface area contributed by atoms with Gasteiger partial charge in [0.1, 0.15) is 23.8 Å². The van der Waals surface area contributed by atoms with E-state index in [1.807, 2.05) is 18.2 Å². The fraction of sp³-hybridized carbons (Fsp3) is 0.478. The van der Waals surface area contributed by atoms with Gasteiger partial charge >= 0.3 is 0 Å². The molecule has 1 aromatic carbocycles. The molecule has 3 N–H and O–H groups in total. The molecule has 7 heteroatoms. The van der Waals surface area contributed by atoms with Gasteiger partial charge in [-0.15, -0.1) is 0 Å². The normalized spacial score (nSPS) is 15.5. The largest absolute Gasteiger partial charge is 0.491 e. The van der Waals surface area contributed by atoms with Gasteiger partial charge in [0.15, 0.2) is 0 Å². The number of hydrogen-bond donors (Lipinski definition) is 2. The lowest BCUT2D eigenvalue weighted by Gasteiger charge is -2.17. The highest BCUT2D eigenvalue weighted by Crippen LogP contribution is 2.34. The van der Waals surface area contributed by atoms with Crippen molar-refractivity contribution in [2.24, 2.45) is 5.73 Å². The minimum absolute atomic E-state index is 0.250. The Balaban J connectivity index is 0.000000806. The minimum Gasteiger partial charge on any atom is -0.491 e. The van der Waals surface area contributed by atoms with Gasteiger partial charge in [0.05, 0.1) is 23.5 Å².